The summed E-state index contributed by atoms with van der Waals surface area (Å²) in [4.78, 5) is 43.1. The molecule has 0 saturated carbocycles. The molecule has 3 amide bonds. The van der Waals surface area contributed by atoms with E-state index in [1.165, 1.54) is 12.8 Å². The van der Waals surface area contributed by atoms with E-state index in [0.717, 1.165) is 38.8 Å². The molecule has 7 heteroatoms. The molecule has 27 heavy (non-hydrogen) atoms. The highest BCUT2D eigenvalue weighted by molar-refractivity contribution is 5.90. The molecule has 2 atom stereocenters. The van der Waals surface area contributed by atoms with Gasteiger partial charge in [0.1, 0.15) is 12.1 Å². The molecule has 0 radical (unpaired) electrons. The number of nitriles is 1. The maximum Gasteiger partial charge on any atom is 0.246 e. The van der Waals surface area contributed by atoms with Gasteiger partial charge in [-0.05, 0) is 38.5 Å². The highest BCUT2D eigenvalue weighted by atomic mass is 16.2. The normalized spacial score (nSPS) is 26.0. The molecule has 0 unspecified atom stereocenters. The first kappa shape index (κ1) is 19.7. The number of likely N-dealkylation sites (tertiary alicyclic amines) is 3. The second-order valence-corrected chi connectivity index (χ2v) is 7.86. The van der Waals surface area contributed by atoms with Crippen molar-refractivity contribution in [2.45, 2.75) is 76.3 Å². The summed E-state index contributed by atoms with van der Waals surface area (Å²) in [6.45, 7) is 2.76. The fourth-order valence-corrected chi connectivity index (χ4v) is 4.51. The van der Waals surface area contributed by atoms with Gasteiger partial charge in [-0.25, -0.2) is 0 Å². The van der Waals surface area contributed by atoms with Crippen LogP contribution in [0.25, 0.3) is 0 Å². The second-order valence-electron chi connectivity index (χ2n) is 7.86. The summed E-state index contributed by atoms with van der Waals surface area (Å²) in [5.41, 5.74) is 0. The van der Waals surface area contributed by atoms with E-state index < -0.39 is 6.04 Å². The van der Waals surface area contributed by atoms with Crippen LogP contribution in [0.15, 0.2) is 0 Å². The molecular formula is C20H30N4O3. The lowest BCUT2D eigenvalue weighted by atomic mass is 10.1. The number of carbonyl (C=O) groups is 3. The minimum atomic E-state index is -0.459. The van der Waals surface area contributed by atoms with E-state index in [1.54, 1.807) is 9.80 Å². The molecular weight excluding hydrogens is 344 g/mol. The first-order chi connectivity index (χ1) is 13.1. The molecule has 7 nitrogen and oxygen atoms in total. The minimum Gasteiger partial charge on any atom is -0.343 e. The van der Waals surface area contributed by atoms with Gasteiger partial charge in [-0.15, -0.1) is 0 Å². The van der Waals surface area contributed by atoms with E-state index in [2.05, 4.69) is 6.07 Å². The number of nitrogens with zero attached hydrogens (tertiary/aromatic N) is 4. The van der Waals surface area contributed by atoms with Crippen molar-refractivity contribution in [2.24, 2.45) is 0 Å². The Balaban J connectivity index is 1.53. The van der Waals surface area contributed by atoms with Crippen LogP contribution in [0.1, 0.15) is 64.2 Å². The zero-order chi connectivity index (χ0) is 19.2. The fraction of sp³-hybridized carbons (Fsp3) is 0.800. The summed E-state index contributed by atoms with van der Waals surface area (Å²) in [5.74, 6) is -0.151. The van der Waals surface area contributed by atoms with Crippen molar-refractivity contribution >= 4 is 17.7 Å². The zero-order valence-electron chi connectivity index (χ0n) is 16.1. The van der Waals surface area contributed by atoms with E-state index >= 15 is 0 Å². The van der Waals surface area contributed by atoms with Crippen LogP contribution in [0.4, 0.5) is 0 Å². The van der Waals surface area contributed by atoms with Crippen LogP contribution in [0.3, 0.4) is 0 Å². The molecule has 3 aliphatic heterocycles. The molecule has 0 aliphatic carbocycles. The average Bonchev–Trinajstić information content (AvgIpc) is 3.28. The third-order valence-corrected chi connectivity index (χ3v) is 6.05. The molecule has 3 fully saturated rings. The van der Waals surface area contributed by atoms with Crippen LogP contribution in [0, 0.1) is 11.3 Å². The first-order valence-electron chi connectivity index (χ1n) is 10.4. The molecule has 3 aliphatic rings. The van der Waals surface area contributed by atoms with Gasteiger partial charge < -0.3 is 14.7 Å². The molecule has 3 saturated heterocycles. The Hall–Kier alpha value is -2.10. The average molecular weight is 374 g/mol. The molecule has 3 heterocycles. The van der Waals surface area contributed by atoms with Crippen molar-refractivity contribution in [1.82, 2.24) is 14.7 Å². The number of carbonyl (C=O) groups excluding carboxylic acids is 3. The highest BCUT2D eigenvalue weighted by Crippen LogP contribution is 2.25. The van der Waals surface area contributed by atoms with Crippen LogP contribution in [-0.4, -0.2) is 70.7 Å². The van der Waals surface area contributed by atoms with Crippen molar-refractivity contribution in [3.63, 3.8) is 0 Å². The van der Waals surface area contributed by atoms with Crippen molar-refractivity contribution in [2.75, 3.05) is 26.2 Å². The van der Waals surface area contributed by atoms with Gasteiger partial charge in [0.05, 0.1) is 6.07 Å². The lowest BCUT2D eigenvalue weighted by Gasteiger charge is -2.29. The molecule has 0 aromatic rings. The highest BCUT2D eigenvalue weighted by Gasteiger charge is 2.40. The third kappa shape index (κ3) is 4.60. The Labute approximate surface area is 161 Å². The molecule has 0 bridgehead atoms. The number of hydrogen-bond donors (Lipinski definition) is 0. The smallest absolute Gasteiger partial charge is 0.246 e. The Morgan fingerprint density at radius 1 is 0.778 bits per heavy atom. The Kier molecular flexibility index (Phi) is 6.70. The maximum absolute atomic E-state index is 12.9. The van der Waals surface area contributed by atoms with Crippen LogP contribution < -0.4 is 0 Å². The van der Waals surface area contributed by atoms with Crippen molar-refractivity contribution in [3.8, 4) is 6.07 Å². The van der Waals surface area contributed by atoms with Gasteiger partial charge in [-0.1, -0.05) is 12.8 Å². The molecule has 0 aromatic carbocycles. The van der Waals surface area contributed by atoms with E-state index in [0.29, 0.717) is 25.9 Å². The summed E-state index contributed by atoms with van der Waals surface area (Å²) in [6, 6.07) is 1.38. The van der Waals surface area contributed by atoms with Gasteiger partial charge in [0, 0.05) is 39.0 Å². The van der Waals surface area contributed by atoms with Crippen LogP contribution in [-0.2, 0) is 14.4 Å². The Bertz CT molecular complexity index is 607. The Morgan fingerprint density at radius 3 is 2.11 bits per heavy atom. The quantitative estimate of drug-likeness (QED) is 0.749. The van der Waals surface area contributed by atoms with E-state index in [-0.39, 0.29) is 36.6 Å². The van der Waals surface area contributed by atoms with Gasteiger partial charge in [-0.2, -0.15) is 5.26 Å². The molecule has 3 rings (SSSR count). The van der Waals surface area contributed by atoms with Crippen LogP contribution in [0.5, 0.6) is 0 Å². The minimum absolute atomic E-state index is 0.0522. The van der Waals surface area contributed by atoms with Crippen LogP contribution >= 0.6 is 0 Å². The van der Waals surface area contributed by atoms with Crippen LogP contribution in [0.2, 0.25) is 0 Å². The summed E-state index contributed by atoms with van der Waals surface area (Å²) in [6.07, 6.45) is 7.81. The van der Waals surface area contributed by atoms with Gasteiger partial charge in [0.2, 0.25) is 17.7 Å². The van der Waals surface area contributed by atoms with E-state index in [4.69, 9.17) is 0 Å². The lowest BCUT2D eigenvalue weighted by molar-refractivity contribution is -0.144. The topological polar surface area (TPSA) is 84.7 Å². The third-order valence-electron chi connectivity index (χ3n) is 6.05. The van der Waals surface area contributed by atoms with E-state index in [1.807, 2.05) is 4.90 Å². The Morgan fingerprint density at radius 2 is 1.41 bits per heavy atom. The van der Waals surface area contributed by atoms with Gasteiger partial charge in [0.15, 0.2) is 0 Å². The van der Waals surface area contributed by atoms with Crippen molar-refractivity contribution in [1.29, 1.82) is 5.26 Å². The predicted molar refractivity (Wildman–Crippen MR) is 99.4 cm³/mol. The first-order valence-corrected chi connectivity index (χ1v) is 10.4. The fourth-order valence-electron chi connectivity index (χ4n) is 4.51. The summed E-state index contributed by atoms with van der Waals surface area (Å²) in [7, 11) is 0. The SMILES string of the molecule is N#C[C@@H]1CCCN1C(=O)[C@@H]1CCCN1C(=O)CCC(=O)N1CCCCCC1. The van der Waals surface area contributed by atoms with Gasteiger partial charge >= 0.3 is 0 Å². The van der Waals surface area contributed by atoms with Gasteiger partial charge in [-0.3, -0.25) is 14.4 Å². The summed E-state index contributed by atoms with van der Waals surface area (Å²) >= 11 is 0. The largest absolute Gasteiger partial charge is 0.343 e. The standard InChI is InChI=1S/C20H30N4O3/c21-15-16-7-5-13-23(16)20(27)17-8-6-14-24(17)19(26)10-9-18(25)22-11-3-1-2-4-12-22/h16-17H,1-14H2/t16-,17-/m0/s1. The second kappa shape index (κ2) is 9.20. The number of hydrogen-bond acceptors (Lipinski definition) is 4. The molecule has 0 aromatic heterocycles. The van der Waals surface area contributed by atoms with Crippen molar-refractivity contribution in [3.05, 3.63) is 0 Å². The van der Waals surface area contributed by atoms with E-state index in [9.17, 15) is 19.6 Å². The summed E-state index contributed by atoms with van der Waals surface area (Å²) < 4.78 is 0. The maximum atomic E-state index is 12.9. The zero-order valence-corrected chi connectivity index (χ0v) is 16.1. The number of rotatable bonds is 4. The summed E-state index contributed by atoms with van der Waals surface area (Å²) in [5, 5.41) is 9.23. The molecule has 0 spiro atoms. The lowest BCUT2D eigenvalue weighted by Crippen LogP contribution is -2.49. The van der Waals surface area contributed by atoms with Gasteiger partial charge in [0.25, 0.3) is 0 Å². The number of amides is 3. The monoisotopic (exact) mass is 374 g/mol. The predicted octanol–water partition coefficient (Wildman–Crippen LogP) is 1.67. The van der Waals surface area contributed by atoms with Crippen molar-refractivity contribution < 1.29 is 14.4 Å². The molecule has 148 valence electrons. The molecule has 0 N–H and O–H groups in total.